The van der Waals surface area contributed by atoms with Crippen LogP contribution in [0, 0.1) is 0 Å². The van der Waals surface area contributed by atoms with Crippen LogP contribution in [0.25, 0.3) is 21.8 Å². The Hall–Kier alpha value is -0.550. The fourth-order valence-electron chi connectivity index (χ4n) is 3.32. The number of hydrogen-bond donors (Lipinski definition) is 0. The van der Waals surface area contributed by atoms with Gasteiger partial charge in [0.05, 0.1) is 27.7 Å². The van der Waals surface area contributed by atoms with Crippen LogP contribution in [-0.2, 0) is 6.54 Å². The van der Waals surface area contributed by atoms with Gasteiger partial charge in [-0.15, -0.1) is 0 Å². The average Bonchev–Trinajstić information content (AvgIpc) is 2.79. The lowest BCUT2D eigenvalue weighted by atomic mass is 10.2. The lowest BCUT2D eigenvalue weighted by molar-refractivity contribution is -0.870. The van der Waals surface area contributed by atoms with Gasteiger partial charge < -0.3 is 21.5 Å². The lowest BCUT2D eigenvalue weighted by Gasteiger charge is -2.23. The van der Waals surface area contributed by atoms with Crippen molar-refractivity contribution in [2.75, 3.05) is 27.7 Å². The highest BCUT2D eigenvalue weighted by Crippen LogP contribution is 2.33. The van der Waals surface area contributed by atoms with Crippen LogP contribution in [0.2, 0.25) is 0 Å². The third-order valence-electron chi connectivity index (χ3n) is 4.50. The number of hydrogen-bond acceptors (Lipinski definition) is 0. The second-order valence-corrected chi connectivity index (χ2v) is 9.38. The lowest BCUT2D eigenvalue weighted by Crippen LogP contribution is -3.00. The van der Waals surface area contributed by atoms with Crippen molar-refractivity contribution < 1.29 is 16.9 Å². The van der Waals surface area contributed by atoms with Crippen molar-refractivity contribution in [1.29, 1.82) is 0 Å². The van der Waals surface area contributed by atoms with Crippen LogP contribution in [0.15, 0.2) is 45.3 Å². The molecule has 0 saturated carbocycles. The Kier molecular flexibility index (Phi) is 7.00. The minimum atomic E-state index is 0. The van der Waals surface area contributed by atoms with Gasteiger partial charge in [-0.05, 0) is 55.7 Å². The van der Waals surface area contributed by atoms with Crippen LogP contribution in [-0.4, -0.2) is 36.7 Å². The summed E-state index contributed by atoms with van der Waals surface area (Å²) in [4.78, 5) is 0. The van der Waals surface area contributed by atoms with E-state index >= 15 is 0 Å². The Labute approximate surface area is 173 Å². The summed E-state index contributed by atoms with van der Waals surface area (Å²) in [6.07, 6.45) is 3.80. The van der Waals surface area contributed by atoms with Gasteiger partial charge in [0.2, 0.25) is 0 Å². The van der Waals surface area contributed by atoms with Gasteiger partial charge in [0.25, 0.3) is 0 Å². The number of halogens is 3. The largest absolute Gasteiger partial charge is 1.00 e. The molecule has 25 heavy (non-hydrogen) atoms. The zero-order valence-electron chi connectivity index (χ0n) is 15.0. The highest BCUT2D eigenvalue weighted by atomic mass is 79.9. The molecule has 0 atom stereocenters. The Morgan fingerprint density at radius 2 is 1.32 bits per heavy atom. The van der Waals surface area contributed by atoms with E-state index in [1.807, 2.05) is 0 Å². The van der Waals surface area contributed by atoms with Crippen molar-refractivity contribution >= 4 is 53.7 Å². The number of benzene rings is 2. The van der Waals surface area contributed by atoms with Crippen LogP contribution >= 0.6 is 31.9 Å². The molecule has 0 fully saturated rings. The molecule has 0 amide bonds. The first-order valence-electron chi connectivity index (χ1n) is 8.53. The molecule has 0 aliphatic rings. The van der Waals surface area contributed by atoms with Gasteiger partial charge in [0.15, 0.2) is 0 Å². The second-order valence-electron chi connectivity index (χ2n) is 7.55. The average molecular weight is 489 g/mol. The molecule has 0 bridgehead atoms. The number of nitrogens with zero attached hydrogens (tertiary/aromatic N) is 2. The molecule has 0 aliphatic heterocycles. The maximum Gasteiger partial charge on any atom is 0.0780 e. The maximum atomic E-state index is 3.61. The van der Waals surface area contributed by atoms with E-state index in [9.17, 15) is 0 Å². The SMILES string of the molecule is C[N+](C)(C)CCCCCn1c2ccc(Br)cc2c2cc(Br)ccc21.[Cl-]. The minimum Gasteiger partial charge on any atom is -1.00 e. The van der Waals surface area contributed by atoms with Gasteiger partial charge in [0.1, 0.15) is 0 Å². The molecule has 0 spiro atoms. The molecular formula is C20H25Br2ClN2. The molecule has 0 unspecified atom stereocenters. The zero-order chi connectivity index (χ0) is 17.3. The summed E-state index contributed by atoms with van der Waals surface area (Å²) in [5.41, 5.74) is 2.66. The first-order valence-corrected chi connectivity index (χ1v) is 10.1. The zero-order valence-corrected chi connectivity index (χ0v) is 19.0. The standard InChI is InChI=1S/C20H25Br2N2.ClH/c1-24(2,3)12-6-4-5-11-23-19-9-7-15(21)13-17(19)18-14-16(22)8-10-20(18)23;/h7-10,13-14H,4-6,11-12H2,1-3H3;1H/q+1;/p-1. The number of aromatic nitrogens is 1. The monoisotopic (exact) mass is 486 g/mol. The molecule has 0 saturated heterocycles. The van der Waals surface area contributed by atoms with Crippen molar-refractivity contribution in [3.8, 4) is 0 Å². The van der Waals surface area contributed by atoms with Crippen LogP contribution in [0.4, 0.5) is 0 Å². The summed E-state index contributed by atoms with van der Waals surface area (Å²) in [5, 5.41) is 2.65. The number of unbranched alkanes of at least 4 members (excludes halogenated alkanes) is 2. The smallest absolute Gasteiger partial charge is 0.0780 e. The molecule has 5 heteroatoms. The number of fused-ring (bicyclic) bond motifs is 3. The minimum absolute atomic E-state index is 0. The van der Waals surface area contributed by atoms with E-state index in [1.54, 1.807) is 0 Å². The van der Waals surface area contributed by atoms with Crippen LogP contribution < -0.4 is 12.4 Å². The third-order valence-corrected chi connectivity index (χ3v) is 5.49. The van der Waals surface area contributed by atoms with Gasteiger partial charge in [-0.2, -0.15) is 0 Å². The van der Waals surface area contributed by atoms with Gasteiger partial charge in [-0.1, -0.05) is 31.9 Å². The molecule has 0 aliphatic carbocycles. The van der Waals surface area contributed by atoms with Crippen LogP contribution in [0.3, 0.4) is 0 Å². The Morgan fingerprint density at radius 1 is 0.800 bits per heavy atom. The Morgan fingerprint density at radius 3 is 1.80 bits per heavy atom. The Balaban J connectivity index is 0.00000225. The number of rotatable bonds is 6. The van der Waals surface area contributed by atoms with E-state index in [0.29, 0.717) is 0 Å². The van der Waals surface area contributed by atoms with E-state index < -0.39 is 0 Å². The fourth-order valence-corrected chi connectivity index (χ4v) is 4.04. The summed E-state index contributed by atoms with van der Waals surface area (Å²) in [5.74, 6) is 0. The van der Waals surface area contributed by atoms with Crippen molar-refractivity contribution in [1.82, 2.24) is 4.57 Å². The molecule has 136 valence electrons. The third kappa shape index (κ3) is 5.00. The molecule has 1 aromatic heterocycles. The predicted molar refractivity (Wildman–Crippen MR) is 112 cm³/mol. The molecular weight excluding hydrogens is 463 g/mol. The normalized spacial score (nSPS) is 11.9. The highest BCUT2D eigenvalue weighted by molar-refractivity contribution is 9.10. The molecule has 2 aromatic carbocycles. The highest BCUT2D eigenvalue weighted by Gasteiger charge is 2.11. The fraction of sp³-hybridized carbons (Fsp3) is 0.400. The molecule has 3 aromatic rings. The molecule has 1 heterocycles. The Bertz CT molecular complexity index is 806. The van der Waals surface area contributed by atoms with Crippen molar-refractivity contribution in [2.24, 2.45) is 0 Å². The first kappa shape index (κ1) is 20.8. The maximum absolute atomic E-state index is 3.61. The molecule has 0 radical (unpaired) electrons. The van der Waals surface area contributed by atoms with E-state index in [2.05, 4.69) is 94.0 Å². The summed E-state index contributed by atoms with van der Waals surface area (Å²) >= 11 is 7.23. The van der Waals surface area contributed by atoms with Crippen molar-refractivity contribution in [2.45, 2.75) is 25.8 Å². The van der Waals surface area contributed by atoms with Gasteiger partial charge in [-0.3, -0.25) is 0 Å². The molecule has 0 N–H and O–H groups in total. The topological polar surface area (TPSA) is 4.93 Å². The van der Waals surface area contributed by atoms with Gasteiger partial charge in [-0.25, -0.2) is 0 Å². The number of aryl methyl sites for hydroxylation is 1. The van der Waals surface area contributed by atoms with E-state index in [0.717, 1.165) is 20.0 Å². The van der Waals surface area contributed by atoms with E-state index in [1.165, 1.54) is 47.6 Å². The van der Waals surface area contributed by atoms with Crippen molar-refractivity contribution in [3.05, 3.63) is 45.3 Å². The molecule has 3 rings (SSSR count). The van der Waals surface area contributed by atoms with E-state index in [4.69, 9.17) is 0 Å². The summed E-state index contributed by atoms with van der Waals surface area (Å²) in [6, 6.07) is 13.2. The molecule has 2 nitrogen and oxygen atoms in total. The van der Waals surface area contributed by atoms with Gasteiger partial charge >= 0.3 is 0 Å². The number of quaternary nitrogens is 1. The van der Waals surface area contributed by atoms with Crippen molar-refractivity contribution in [3.63, 3.8) is 0 Å². The van der Waals surface area contributed by atoms with Crippen LogP contribution in [0.1, 0.15) is 19.3 Å². The van der Waals surface area contributed by atoms with Gasteiger partial charge in [0, 0.05) is 37.3 Å². The summed E-state index contributed by atoms with van der Waals surface area (Å²) < 4.78 is 5.81. The summed E-state index contributed by atoms with van der Waals surface area (Å²) in [7, 11) is 6.80. The predicted octanol–water partition coefficient (Wildman–Crippen LogP) is 3.20. The first-order chi connectivity index (χ1) is 11.3. The van der Waals surface area contributed by atoms with E-state index in [-0.39, 0.29) is 12.4 Å². The quantitative estimate of drug-likeness (QED) is 0.371. The summed E-state index contributed by atoms with van der Waals surface area (Å²) in [6.45, 7) is 2.33. The van der Waals surface area contributed by atoms with Crippen LogP contribution in [0.5, 0.6) is 0 Å². The second kappa shape index (κ2) is 8.43.